The van der Waals surface area contributed by atoms with Crippen LogP contribution in [-0.4, -0.2) is 33.5 Å². The molecule has 2 heterocycles. The summed E-state index contributed by atoms with van der Waals surface area (Å²) in [6.07, 6.45) is 1.76. The third-order valence-electron chi connectivity index (χ3n) is 4.23. The van der Waals surface area contributed by atoms with E-state index in [0.717, 1.165) is 16.7 Å². The first kappa shape index (κ1) is 17.4. The van der Waals surface area contributed by atoms with Crippen LogP contribution in [-0.2, 0) is 4.74 Å². The van der Waals surface area contributed by atoms with E-state index in [2.05, 4.69) is 20.0 Å². The van der Waals surface area contributed by atoms with E-state index in [1.165, 1.54) is 19.2 Å². The van der Waals surface area contributed by atoms with Gasteiger partial charge < -0.3 is 10.1 Å². The molecule has 4 aromatic rings. The van der Waals surface area contributed by atoms with Crippen LogP contribution >= 0.6 is 0 Å². The molecule has 0 aliphatic rings. The standard InChI is InChI=1S/C21H16N4O3/c1-28-21(27)18-7-4-6-17(24-18)20(26)23-14-9-11-15(12-10-14)25-13-22-16-5-2-3-8-19(16)25/h2-13H,1H3,(H,23,26). The number of methoxy groups -OCH3 is 1. The predicted molar refractivity (Wildman–Crippen MR) is 105 cm³/mol. The lowest BCUT2D eigenvalue weighted by Crippen LogP contribution is -2.16. The number of ether oxygens (including phenoxy) is 1. The lowest BCUT2D eigenvalue weighted by molar-refractivity contribution is 0.0594. The number of hydrogen-bond donors (Lipinski definition) is 1. The second-order valence-corrected chi connectivity index (χ2v) is 6.00. The smallest absolute Gasteiger partial charge is 0.356 e. The Morgan fingerprint density at radius 2 is 1.68 bits per heavy atom. The fourth-order valence-electron chi connectivity index (χ4n) is 2.84. The Morgan fingerprint density at radius 1 is 0.929 bits per heavy atom. The molecule has 0 bridgehead atoms. The number of nitrogens with one attached hydrogen (secondary N) is 1. The van der Waals surface area contributed by atoms with Crippen molar-refractivity contribution in [2.75, 3.05) is 12.4 Å². The van der Waals surface area contributed by atoms with E-state index in [0.29, 0.717) is 5.69 Å². The zero-order chi connectivity index (χ0) is 19.5. The molecule has 2 aromatic heterocycles. The fraction of sp³-hybridized carbons (Fsp3) is 0.0476. The van der Waals surface area contributed by atoms with Crippen LogP contribution in [0.4, 0.5) is 5.69 Å². The predicted octanol–water partition coefficient (Wildman–Crippen LogP) is 3.46. The van der Waals surface area contributed by atoms with Crippen molar-refractivity contribution >= 4 is 28.6 Å². The van der Waals surface area contributed by atoms with Gasteiger partial charge in [0.05, 0.1) is 18.1 Å². The molecule has 28 heavy (non-hydrogen) atoms. The molecule has 4 rings (SSSR count). The Bertz CT molecular complexity index is 1170. The molecule has 0 saturated heterocycles. The van der Waals surface area contributed by atoms with Gasteiger partial charge in [0.2, 0.25) is 0 Å². The molecule has 2 aromatic carbocycles. The van der Waals surface area contributed by atoms with Gasteiger partial charge in [0.1, 0.15) is 17.7 Å². The second-order valence-electron chi connectivity index (χ2n) is 6.00. The van der Waals surface area contributed by atoms with E-state index >= 15 is 0 Å². The van der Waals surface area contributed by atoms with Crippen LogP contribution < -0.4 is 5.32 Å². The summed E-state index contributed by atoms with van der Waals surface area (Å²) < 4.78 is 6.60. The van der Waals surface area contributed by atoms with E-state index in [4.69, 9.17) is 0 Å². The van der Waals surface area contributed by atoms with Gasteiger partial charge in [-0.05, 0) is 48.5 Å². The van der Waals surface area contributed by atoms with Gasteiger partial charge in [0.25, 0.3) is 5.91 Å². The minimum absolute atomic E-state index is 0.0810. The van der Waals surface area contributed by atoms with Gasteiger partial charge >= 0.3 is 5.97 Å². The summed E-state index contributed by atoms with van der Waals surface area (Å²) in [6.45, 7) is 0. The van der Waals surface area contributed by atoms with Crippen molar-refractivity contribution in [3.8, 4) is 5.69 Å². The van der Waals surface area contributed by atoms with Crippen LogP contribution in [0.5, 0.6) is 0 Å². The number of anilines is 1. The number of rotatable bonds is 4. The van der Waals surface area contributed by atoms with Crippen molar-refractivity contribution in [2.24, 2.45) is 0 Å². The molecule has 0 saturated carbocycles. The third kappa shape index (κ3) is 3.33. The Labute approximate surface area is 160 Å². The first-order chi connectivity index (χ1) is 13.7. The van der Waals surface area contributed by atoms with Crippen molar-refractivity contribution in [2.45, 2.75) is 0 Å². The largest absolute Gasteiger partial charge is 0.464 e. The van der Waals surface area contributed by atoms with Crippen molar-refractivity contribution in [1.82, 2.24) is 14.5 Å². The number of para-hydroxylation sites is 2. The zero-order valence-electron chi connectivity index (χ0n) is 15.0. The van der Waals surface area contributed by atoms with Crippen LogP contribution in [0.3, 0.4) is 0 Å². The average Bonchev–Trinajstić information content (AvgIpc) is 3.18. The number of esters is 1. The van der Waals surface area contributed by atoms with E-state index in [-0.39, 0.29) is 11.4 Å². The average molecular weight is 372 g/mol. The molecule has 1 amide bonds. The highest BCUT2D eigenvalue weighted by Crippen LogP contribution is 2.20. The van der Waals surface area contributed by atoms with Crippen LogP contribution in [0.25, 0.3) is 16.7 Å². The number of amides is 1. The van der Waals surface area contributed by atoms with Gasteiger partial charge in [-0.2, -0.15) is 0 Å². The molecular formula is C21H16N4O3. The first-order valence-corrected chi connectivity index (χ1v) is 8.55. The van der Waals surface area contributed by atoms with E-state index in [1.807, 2.05) is 41.0 Å². The number of carbonyl (C=O) groups excluding carboxylic acids is 2. The Morgan fingerprint density at radius 3 is 2.46 bits per heavy atom. The van der Waals surface area contributed by atoms with E-state index in [1.54, 1.807) is 24.5 Å². The number of nitrogens with zero attached hydrogens (tertiary/aromatic N) is 3. The van der Waals surface area contributed by atoms with Gasteiger partial charge in [-0.3, -0.25) is 9.36 Å². The summed E-state index contributed by atoms with van der Waals surface area (Å²) in [5, 5.41) is 2.77. The number of carbonyl (C=O) groups is 2. The van der Waals surface area contributed by atoms with Gasteiger partial charge in [-0.1, -0.05) is 18.2 Å². The van der Waals surface area contributed by atoms with Gasteiger partial charge in [-0.15, -0.1) is 0 Å². The molecule has 0 spiro atoms. The van der Waals surface area contributed by atoms with Gasteiger partial charge in [0.15, 0.2) is 0 Å². The molecule has 7 heteroatoms. The number of benzene rings is 2. The minimum Gasteiger partial charge on any atom is -0.464 e. The zero-order valence-corrected chi connectivity index (χ0v) is 15.0. The number of hydrogen-bond acceptors (Lipinski definition) is 5. The Hall–Kier alpha value is -4.00. The molecule has 7 nitrogen and oxygen atoms in total. The highest BCUT2D eigenvalue weighted by molar-refractivity contribution is 6.03. The van der Waals surface area contributed by atoms with Crippen molar-refractivity contribution in [1.29, 1.82) is 0 Å². The summed E-state index contributed by atoms with van der Waals surface area (Å²) >= 11 is 0. The van der Waals surface area contributed by atoms with Crippen molar-refractivity contribution < 1.29 is 14.3 Å². The molecular weight excluding hydrogens is 356 g/mol. The maximum atomic E-state index is 12.4. The number of pyridine rings is 1. The molecule has 1 N–H and O–H groups in total. The van der Waals surface area contributed by atoms with E-state index < -0.39 is 11.9 Å². The monoisotopic (exact) mass is 372 g/mol. The summed E-state index contributed by atoms with van der Waals surface area (Å²) in [5.74, 6) is -1.00. The molecule has 0 aliphatic heterocycles. The van der Waals surface area contributed by atoms with E-state index in [9.17, 15) is 9.59 Å². The number of aromatic nitrogens is 3. The lowest BCUT2D eigenvalue weighted by atomic mass is 10.2. The molecule has 0 radical (unpaired) electrons. The van der Waals surface area contributed by atoms with Gasteiger partial charge in [-0.25, -0.2) is 14.8 Å². The maximum Gasteiger partial charge on any atom is 0.356 e. The summed E-state index contributed by atoms with van der Waals surface area (Å²) in [5.41, 5.74) is 3.67. The molecule has 0 unspecified atom stereocenters. The van der Waals surface area contributed by atoms with Gasteiger partial charge in [0, 0.05) is 11.4 Å². The molecule has 138 valence electrons. The number of fused-ring (bicyclic) bond motifs is 1. The van der Waals surface area contributed by atoms with Crippen molar-refractivity contribution in [3.63, 3.8) is 0 Å². The number of imidazole rings is 1. The molecule has 0 fully saturated rings. The second kappa shape index (κ2) is 7.32. The first-order valence-electron chi connectivity index (χ1n) is 8.55. The van der Waals surface area contributed by atoms with Crippen molar-refractivity contribution in [3.05, 3.63) is 84.4 Å². The summed E-state index contributed by atoms with van der Waals surface area (Å²) in [6, 6.07) is 19.9. The SMILES string of the molecule is COC(=O)c1cccc(C(=O)Nc2ccc(-n3cnc4ccccc43)cc2)n1. The normalized spacial score (nSPS) is 10.6. The maximum absolute atomic E-state index is 12.4. The highest BCUT2D eigenvalue weighted by atomic mass is 16.5. The van der Waals surface area contributed by atoms with Crippen LogP contribution in [0.2, 0.25) is 0 Å². The minimum atomic E-state index is -0.591. The third-order valence-corrected chi connectivity index (χ3v) is 4.23. The Kier molecular flexibility index (Phi) is 4.55. The summed E-state index contributed by atoms with van der Waals surface area (Å²) in [7, 11) is 1.27. The topological polar surface area (TPSA) is 86.1 Å². The summed E-state index contributed by atoms with van der Waals surface area (Å²) in [4.78, 5) is 32.4. The lowest BCUT2D eigenvalue weighted by Gasteiger charge is -2.08. The van der Waals surface area contributed by atoms with Crippen LogP contribution in [0, 0.1) is 0 Å². The quantitative estimate of drug-likeness (QED) is 0.555. The van der Waals surface area contributed by atoms with Crippen LogP contribution in [0.1, 0.15) is 21.0 Å². The van der Waals surface area contributed by atoms with Crippen LogP contribution in [0.15, 0.2) is 73.1 Å². The highest BCUT2D eigenvalue weighted by Gasteiger charge is 2.13. The molecule has 0 aliphatic carbocycles. The Balaban J connectivity index is 1.53. The fourth-order valence-corrected chi connectivity index (χ4v) is 2.84. The molecule has 0 atom stereocenters.